The van der Waals surface area contributed by atoms with Crippen molar-refractivity contribution < 1.29 is 9.59 Å². The largest absolute Gasteiger partial charge is 0.325 e. The summed E-state index contributed by atoms with van der Waals surface area (Å²) in [7, 11) is 0. The summed E-state index contributed by atoms with van der Waals surface area (Å²) in [4.78, 5) is 24.0. The minimum atomic E-state index is -0.0574. The van der Waals surface area contributed by atoms with Gasteiger partial charge in [-0.2, -0.15) is 0 Å². The molecule has 2 aromatic rings. The molecule has 0 fully saturated rings. The Kier molecular flexibility index (Phi) is 5.59. The summed E-state index contributed by atoms with van der Waals surface area (Å²) in [6.45, 7) is 1.54. The molecule has 108 valence electrons. The van der Waals surface area contributed by atoms with E-state index in [1.807, 2.05) is 36.4 Å². The highest BCUT2D eigenvalue weighted by Crippen LogP contribution is 2.19. The Balaban J connectivity index is 1.86. The number of thioether (sulfide) groups is 1. The highest BCUT2D eigenvalue weighted by molar-refractivity contribution is 9.10. The van der Waals surface area contributed by atoms with Crippen molar-refractivity contribution in [2.45, 2.75) is 11.8 Å². The second-order valence-electron chi connectivity index (χ2n) is 4.42. The zero-order chi connectivity index (χ0) is 15.2. The molecule has 0 aliphatic rings. The van der Waals surface area contributed by atoms with Crippen molar-refractivity contribution in [2.24, 2.45) is 0 Å². The molecule has 0 heterocycles. The highest BCUT2D eigenvalue weighted by atomic mass is 79.9. The molecule has 0 saturated carbocycles. The van der Waals surface area contributed by atoms with Gasteiger partial charge >= 0.3 is 0 Å². The van der Waals surface area contributed by atoms with Crippen LogP contribution < -0.4 is 5.32 Å². The first-order valence-corrected chi connectivity index (χ1v) is 8.11. The van der Waals surface area contributed by atoms with Crippen molar-refractivity contribution in [3.63, 3.8) is 0 Å². The predicted molar refractivity (Wildman–Crippen MR) is 89.9 cm³/mol. The number of benzene rings is 2. The van der Waals surface area contributed by atoms with Gasteiger partial charge in [-0.05, 0) is 43.3 Å². The summed E-state index contributed by atoms with van der Waals surface area (Å²) in [5.74, 6) is 0.313. The lowest BCUT2D eigenvalue weighted by atomic mass is 10.2. The van der Waals surface area contributed by atoms with Gasteiger partial charge in [0.15, 0.2) is 5.78 Å². The molecule has 0 bridgehead atoms. The molecular weight excluding hydrogens is 350 g/mol. The maximum absolute atomic E-state index is 11.8. The summed E-state index contributed by atoms with van der Waals surface area (Å²) in [5.41, 5.74) is 1.45. The zero-order valence-electron chi connectivity index (χ0n) is 11.4. The Bertz CT molecular complexity index is 638. The highest BCUT2D eigenvalue weighted by Gasteiger charge is 2.05. The van der Waals surface area contributed by atoms with E-state index in [9.17, 15) is 9.59 Å². The molecule has 0 atom stereocenters. The lowest BCUT2D eigenvalue weighted by Gasteiger charge is -2.05. The third-order valence-corrected chi connectivity index (χ3v) is 4.30. The Morgan fingerprint density at radius 1 is 1.05 bits per heavy atom. The number of nitrogens with one attached hydrogen (secondary N) is 1. The van der Waals surface area contributed by atoms with Gasteiger partial charge in [-0.1, -0.05) is 28.1 Å². The van der Waals surface area contributed by atoms with Crippen LogP contribution in [0, 0.1) is 0 Å². The van der Waals surface area contributed by atoms with Crippen molar-refractivity contribution in [3.05, 3.63) is 58.6 Å². The van der Waals surface area contributed by atoms with Crippen LogP contribution in [0.5, 0.6) is 0 Å². The first kappa shape index (κ1) is 15.8. The van der Waals surface area contributed by atoms with Gasteiger partial charge in [0.2, 0.25) is 5.91 Å². The molecule has 1 N–H and O–H groups in total. The summed E-state index contributed by atoms with van der Waals surface area (Å²) in [6.07, 6.45) is 0. The van der Waals surface area contributed by atoms with E-state index in [0.29, 0.717) is 11.3 Å². The molecule has 3 nitrogen and oxygen atoms in total. The normalized spacial score (nSPS) is 10.2. The molecule has 2 rings (SSSR count). The minimum Gasteiger partial charge on any atom is -0.325 e. The Morgan fingerprint density at radius 2 is 1.67 bits per heavy atom. The third kappa shape index (κ3) is 5.02. The van der Waals surface area contributed by atoms with Crippen LogP contribution in [0.2, 0.25) is 0 Å². The average Bonchev–Trinajstić information content (AvgIpc) is 2.48. The van der Waals surface area contributed by atoms with Crippen molar-refractivity contribution >= 4 is 45.1 Å². The molecule has 0 saturated heterocycles. The molecule has 21 heavy (non-hydrogen) atoms. The van der Waals surface area contributed by atoms with E-state index in [2.05, 4.69) is 21.2 Å². The maximum Gasteiger partial charge on any atom is 0.234 e. The van der Waals surface area contributed by atoms with Crippen molar-refractivity contribution in [3.8, 4) is 0 Å². The van der Waals surface area contributed by atoms with Crippen LogP contribution in [0.4, 0.5) is 5.69 Å². The smallest absolute Gasteiger partial charge is 0.234 e. The second kappa shape index (κ2) is 7.43. The van der Waals surface area contributed by atoms with Gasteiger partial charge in [-0.3, -0.25) is 9.59 Å². The van der Waals surface area contributed by atoms with Crippen LogP contribution in [-0.4, -0.2) is 17.4 Å². The number of ketones is 1. The molecule has 2 aromatic carbocycles. The SMILES string of the molecule is CC(=O)c1ccc(SCC(=O)Nc2ccc(Br)cc2)cc1. The van der Waals surface area contributed by atoms with Crippen molar-refractivity contribution in [1.29, 1.82) is 0 Å². The van der Waals surface area contributed by atoms with Gasteiger partial charge in [0.05, 0.1) is 5.75 Å². The number of carbonyl (C=O) groups is 2. The molecule has 0 aliphatic carbocycles. The number of carbonyl (C=O) groups excluding carboxylic acids is 2. The van der Waals surface area contributed by atoms with Gasteiger partial charge < -0.3 is 5.32 Å². The third-order valence-electron chi connectivity index (χ3n) is 2.76. The van der Waals surface area contributed by atoms with Gasteiger partial charge in [-0.15, -0.1) is 11.8 Å². The van der Waals surface area contributed by atoms with E-state index < -0.39 is 0 Å². The van der Waals surface area contributed by atoms with Gasteiger partial charge in [0.1, 0.15) is 0 Å². The number of rotatable bonds is 5. The molecule has 1 amide bonds. The molecule has 0 spiro atoms. The van der Waals surface area contributed by atoms with Crippen LogP contribution in [0.15, 0.2) is 57.9 Å². The van der Waals surface area contributed by atoms with Crippen LogP contribution in [0.1, 0.15) is 17.3 Å². The van der Waals surface area contributed by atoms with Crippen LogP contribution in [0.3, 0.4) is 0 Å². The molecule has 5 heteroatoms. The lowest BCUT2D eigenvalue weighted by Crippen LogP contribution is -2.13. The van der Waals surface area contributed by atoms with E-state index in [1.165, 1.54) is 18.7 Å². The summed E-state index contributed by atoms with van der Waals surface area (Å²) in [6, 6.07) is 14.7. The van der Waals surface area contributed by atoms with Crippen LogP contribution in [-0.2, 0) is 4.79 Å². The number of halogens is 1. The molecule has 0 aliphatic heterocycles. The number of hydrogen-bond acceptors (Lipinski definition) is 3. The fourth-order valence-electron chi connectivity index (χ4n) is 1.67. The molecule has 0 radical (unpaired) electrons. The monoisotopic (exact) mass is 363 g/mol. The quantitative estimate of drug-likeness (QED) is 0.633. The van der Waals surface area contributed by atoms with E-state index in [4.69, 9.17) is 0 Å². The first-order valence-electron chi connectivity index (χ1n) is 6.34. The Labute approximate surface area is 136 Å². The standard InChI is InChI=1S/C16H14BrNO2S/c1-11(19)12-2-8-15(9-3-12)21-10-16(20)18-14-6-4-13(17)5-7-14/h2-9H,10H2,1H3,(H,18,20). The van der Waals surface area contributed by atoms with Crippen molar-refractivity contribution in [2.75, 3.05) is 11.1 Å². The number of amides is 1. The maximum atomic E-state index is 11.8. The molecule has 0 unspecified atom stereocenters. The second-order valence-corrected chi connectivity index (χ2v) is 6.39. The predicted octanol–water partition coefficient (Wildman–Crippen LogP) is 4.38. The van der Waals surface area contributed by atoms with Crippen molar-refractivity contribution in [1.82, 2.24) is 0 Å². The summed E-state index contributed by atoms with van der Waals surface area (Å²) >= 11 is 4.79. The Morgan fingerprint density at radius 3 is 2.24 bits per heavy atom. The fourth-order valence-corrected chi connectivity index (χ4v) is 2.63. The van der Waals surface area contributed by atoms with E-state index in [0.717, 1.165) is 15.1 Å². The van der Waals surface area contributed by atoms with Gasteiger partial charge in [-0.25, -0.2) is 0 Å². The number of anilines is 1. The lowest BCUT2D eigenvalue weighted by molar-refractivity contribution is -0.113. The first-order chi connectivity index (χ1) is 10.0. The zero-order valence-corrected chi connectivity index (χ0v) is 13.8. The fraction of sp³-hybridized carbons (Fsp3) is 0.125. The topological polar surface area (TPSA) is 46.2 Å². The molecule has 0 aromatic heterocycles. The van der Waals surface area contributed by atoms with Crippen LogP contribution >= 0.6 is 27.7 Å². The summed E-state index contributed by atoms with van der Waals surface area (Å²) < 4.78 is 0.973. The van der Waals surface area contributed by atoms with E-state index in [-0.39, 0.29) is 11.7 Å². The number of Topliss-reactive ketones (excluding diaryl/α,β-unsaturated/α-hetero) is 1. The van der Waals surface area contributed by atoms with E-state index >= 15 is 0 Å². The number of hydrogen-bond donors (Lipinski definition) is 1. The summed E-state index contributed by atoms with van der Waals surface area (Å²) in [5, 5.41) is 2.83. The minimum absolute atomic E-state index is 0.0412. The Hall–Kier alpha value is -1.59. The van der Waals surface area contributed by atoms with E-state index in [1.54, 1.807) is 12.1 Å². The van der Waals surface area contributed by atoms with Gasteiger partial charge in [0, 0.05) is 20.6 Å². The molecular formula is C16H14BrNO2S. The average molecular weight is 364 g/mol. The van der Waals surface area contributed by atoms with Gasteiger partial charge in [0.25, 0.3) is 0 Å². The van der Waals surface area contributed by atoms with Crippen LogP contribution in [0.25, 0.3) is 0 Å².